The first-order valence-electron chi connectivity index (χ1n) is 7.39. The Kier molecular flexibility index (Phi) is 5.53. The number of para-hydroxylation sites is 1. The summed E-state index contributed by atoms with van der Waals surface area (Å²) in [4.78, 5) is 14.2. The number of thiocarbonyl (C=S) groups is 1. The van der Waals surface area contributed by atoms with Gasteiger partial charge in [-0.25, -0.2) is 0 Å². The van der Waals surface area contributed by atoms with Gasteiger partial charge < -0.3 is 10.2 Å². The quantitative estimate of drug-likeness (QED) is 0.865. The topological polar surface area (TPSA) is 32.3 Å². The number of rotatable bonds is 3. The summed E-state index contributed by atoms with van der Waals surface area (Å²) in [5, 5.41) is 3.43. The van der Waals surface area contributed by atoms with E-state index in [1.807, 2.05) is 42.2 Å². The van der Waals surface area contributed by atoms with Crippen molar-refractivity contribution in [3.05, 3.63) is 30.3 Å². The lowest BCUT2D eigenvalue weighted by molar-refractivity contribution is -0.124. The van der Waals surface area contributed by atoms with Crippen LogP contribution in [0.5, 0.6) is 0 Å². The number of nitrogens with one attached hydrogen (secondary N) is 1. The number of nitrogens with zero attached hydrogens (tertiary/aromatic N) is 1. The number of hydrogen-bond donors (Lipinski definition) is 1. The second kappa shape index (κ2) is 7.39. The third-order valence-electron chi connectivity index (χ3n) is 3.84. The van der Waals surface area contributed by atoms with Crippen LogP contribution in [0.2, 0.25) is 0 Å². The smallest absolute Gasteiger partial charge is 0.229 e. The fourth-order valence-electron chi connectivity index (χ4n) is 2.69. The summed E-state index contributed by atoms with van der Waals surface area (Å²) in [6, 6.07) is 9.93. The predicted octanol–water partition coefficient (Wildman–Crippen LogP) is 3.49. The molecule has 108 valence electrons. The molecule has 0 spiro atoms. The van der Waals surface area contributed by atoms with Gasteiger partial charge in [0.1, 0.15) is 0 Å². The van der Waals surface area contributed by atoms with E-state index in [-0.39, 0.29) is 11.8 Å². The molecule has 0 heterocycles. The maximum Gasteiger partial charge on any atom is 0.229 e. The van der Waals surface area contributed by atoms with Crippen LogP contribution >= 0.6 is 12.2 Å². The second-order valence-corrected chi connectivity index (χ2v) is 5.60. The van der Waals surface area contributed by atoms with E-state index < -0.39 is 0 Å². The molecule has 3 nitrogen and oxygen atoms in total. The lowest BCUT2D eigenvalue weighted by Crippen LogP contribution is -2.45. The highest BCUT2D eigenvalue weighted by atomic mass is 32.1. The molecule has 1 aliphatic rings. The van der Waals surface area contributed by atoms with Crippen LogP contribution in [0.15, 0.2) is 30.3 Å². The molecule has 20 heavy (non-hydrogen) atoms. The number of carbonyl (C=O) groups excluding carboxylic acids is 1. The molecule has 0 bridgehead atoms. The van der Waals surface area contributed by atoms with Crippen LogP contribution < -0.4 is 10.2 Å². The Morgan fingerprint density at radius 2 is 1.90 bits per heavy atom. The molecule has 1 fully saturated rings. The fraction of sp³-hybridized carbons (Fsp3) is 0.500. The van der Waals surface area contributed by atoms with Gasteiger partial charge in [0, 0.05) is 18.2 Å². The van der Waals surface area contributed by atoms with Gasteiger partial charge in [-0.15, -0.1) is 0 Å². The largest absolute Gasteiger partial charge is 0.319 e. The van der Waals surface area contributed by atoms with E-state index in [0.717, 1.165) is 37.9 Å². The molecule has 1 saturated carbocycles. The summed E-state index contributed by atoms with van der Waals surface area (Å²) in [5.74, 6) is 0.222. The van der Waals surface area contributed by atoms with E-state index in [1.165, 1.54) is 6.42 Å². The van der Waals surface area contributed by atoms with Gasteiger partial charge >= 0.3 is 0 Å². The summed E-state index contributed by atoms with van der Waals surface area (Å²) >= 11 is 5.40. The van der Waals surface area contributed by atoms with Gasteiger partial charge in [0.25, 0.3) is 0 Å². The molecule has 2 rings (SSSR count). The van der Waals surface area contributed by atoms with E-state index in [4.69, 9.17) is 12.2 Å². The van der Waals surface area contributed by atoms with Crippen LogP contribution in [0, 0.1) is 5.92 Å². The van der Waals surface area contributed by atoms with Crippen LogP contribution in [-0.4, -0.2) is 17.6 Å². The Hall–Kier alpha value is -1.42. The fourth-order valence-corrected chi connectivity index (χ4v) is 3.03. The molecule has 0 saturated heterocycles. The average molecular weight is 290 g/mol. The maximum atomic E-state index is 12.2. The van der Waals surface area contributed by atoms with E-state index in [2.05, 4.69) is 5.32 Å². The molecule has 0 unspecified atom stereocenters. The lowest BCUT2D eigenvalue weighted by Gasteiger charge is -2.26. The Morgan fingerprint density at radius 1 is 1.25 bits per heavy atom. The molecule has 4 heteroatoms. The van der Waals surface area contributed by atoms with Crippen molar-refractivity contribution in [2.75, 3.05) is 11.4 Å². The van der Waals surface area contributed by atoms with Crippen molar-refractivity contribution in [1.29, 1.82) is 0 Å². The van der Waals surface area contributed by atoms with Crippen molar-refractivity contribution in [2.24, 2.45) is 5.92 Å². The standard InChI is InChI=1S/C16H22N2OS/c1-2-18(14-11-7-4-8-12-14)16(20)17-15(19)13-9-5-3-6-10-13/h4,7-8,11-13H,2-3,5-6,9-10H2,1H3,(H,17,19,20). The van der Waals surface area contributed by atoms with Crippen LogP contribution in [0.25, 0.3) is 0 Å². The molecule has 1 aliphatic carbocycles. The monoisotopic (exact) mass is 290 g/mol. The van der Waals surface area contributed by atoms with E-state index in [0.29, 0.717) is 5.11 Å². The predicted molar refractivity (Wildman–Crippen MR) is 86.8 cm³/mol. The second-order valence-electron chi connectivity index (χ2n) is 5.21. The Bertz CT molecular complexity index is 455. The maximum absolute atomic E-state index is 12.2. The van der Waals surface area contributed by atoms with Crippen LogP contribution in [0.1, 0.15) is 39.0 Å². The molecule has 0 aromatic heterocycles. The first-order valence-corrected chi connectivity index (χ1v) is 7.80. The van der Waals surface area contributed by atoms with E-state index in [1.54, 1.807) is 0 Å². The minimum atomic E-state index is 0.0871. The molecule has 1 N–H and O–H groups in total. The molecular weight excluding hydrogens is 268 g/mol. The van der Waals surface area contributed by atoms with Crippen LogP contribution in [0.3, 0.4) is 0 Å². The zero-order chi connectivity index (χ0) is 14.4. The number of anilines is 1. The molecule has 0 atom stereocenters. The normalized spacial score (nSPS) is 15.7. The average Bonchev–Trinajstić information content (AvgIpc) is 2.50. The first kappa shape index (κ1) is 15.0. The molecule has 1 aromatic carbocycles. The number of carbonyl (C=O) groups is 1. The molecule has 1 aromatic rings. The Labute approximate surface area is 126 Å². The van der Waals surface area contributed by atoms with Crippen LogP contribution in [-0.2, 0) is 4.79 Å². The summed E-state index contributed by atoms with van der Waals surface area (Å²) in [7, 11) is 0. The van der Waals surface area contributed by atoms with Crippen molar-refractivity contribution in [3.63, 3.8) is 0 Å². The van der Waals surface area contributed by atoms with Crippen molar-refractivity contribution >= 4 is 28.9 Å². The van der Waals surface area contributed by atoms with Gasteiger partial charge in [-0.2, -0.15) is 0 Å². The van der Waals surface area contributed by atoms with Gasteiger partial charge in [-0.3, -0.25) is 4.79 Å². The minimum Gasteiger partial charge on any atom is -0.319 e. The third-order valence-corrected chi connectivity index (χ3v) is 4.16. The van der Waals surface area contributed by atoms with Gasteiger partial charge in [-0.1, -0.05) is 37.5 Å². The van der Waals surface area contributed by atoms with E-state index >= 15 is 0 Å². The SMILES string of the molecule is CCN(C(=S)NC(=O)C1CCCCC1)c1ccccc1. The van der Waals surface area contributed by atoms with Crippen molar-refractivity contribution < 1.29 is 4.79 Å². The number of amides is 1. The van der Waals surface area contributed by atoms with Crippen molar-refractivity contribution in [3.8, 4) is 0 Å². The van der Waals surface area contributed by atoms with Gasteiger partial charge in [0.05, 0.1) is 0 Å². The molecule has 1 amide bonds. The summed E-state index contributed by atoms with van der Waals surface area (Å²) in [6.07, 6.45) is 5.54. The highest BCUT2D eigenvalue weighted by Crippen LogP contribution is 2.23. The number of hydrogen-bond acceptors (Lipinski definition) is 2. The minimum absolute atomic E-state index is 0.0871. The molecule has 0 aliphatic heterocycles. The van der Waals surface area contributed by atoms with E-state index in [9.17, 15) is 4.79 Å². The summed E-state index contributed by atoms with van der Waals surface area (Å²) in [5.41, 5.74) is 1.02. The zero-order valence-electron chi connectivity index (χ0n) is 12.0. The van der Waals surface area contributed by atoms with Gasteiger partial charge in [0.15, 0.2) is 5.11 Å². The molecular formula is C16H22N2OS. The van der Waals surface area contributed by atoms with Crippen molar-refractivity contribution in [2.45, 2.75) is 39.0 Å². The Balaban J connectivity index is 1.97. The lowest BCUT2D eigenvalue weighted by atomic mass is 9.89. The Morgan fingerprint density at radius 3 is 2.50 bits per heavy atom. The highest BCUT2D eigenvalue weighted by Gasteiger charge is 2.23. The van der Waals surface area contributed by atoms with Gasteiger partial charge in [0.2, 0.25) is 5.91 Å². The summed E-state index contributed by atoms with van der Waals surface area (Å²) < 4.78 is 0. The molecule has 0 radical (unpaired) electrons. The van der Waals surface area contributed by atoms with Gasteiger partial charge in [-0.05, 0) is 44.1 Å². The summed E-state index contributed by atoms with van der Waals surface area (Å²) in [6.45, 7) is 2.78. The third kappa shape index (κ3) is 3.79. The van der Waals surface area contributed by atoms with Crippen molar-refractivity contribution in [1.82, 2.24) is 5.32 Å². The highest BCUT2D eigenvalue weighted by molar-refractivity contribution is 7.80. The van der Waals surface area contributed by atoms with Crippen LogP contribution in [0.4, 0.5) is 5.69 Å². The number of benzene rings is 1. The first-order chi connectivity index (χ1) is 9.72. The zero-order valence-corrected chi connectivity index (χ0v) is 12.8.